The number of hydrogen-bond acceptors (Lipinski definition) is 3. The van der Waals surface area contributed by atoms with Gasteiger partial charge in [-0.05, 0) is 54.7 Å². The van der Waals surface area contributed by atoms with Crippen LogP contribution in [0.15, 0.2) is 59.7 Å². The van der Waals surface area contributed by atoms with Crippen molar-refractivity contribution >= 4 is 22.5 Å². The summed E-state index contributed by atoms with van der Waals surface area (Å²) in [5.41, 5.74) is 13.8. The lowest BCUT2D eigenvalue weighted by molar-refractivity contribution is -0.119. The third kappa shape index (κ3) is 2.54. The molecule has 2 aromatic carbocycles. The second-order valence-electron chi connectivity index (χ2n) is 7.33. The first kappa shape index (κ1) is 16.8. The van der Waals surface area contributed by atoms with Gasteiger partial charge in [-0.1, -0.05) is 30.3 Å². The molecule has 1 aliphatic carbocycles. The molecule has 2 heterocycles. The molecule has 0 radical (unpaired) electrons. The molecule has 5 rings (SSSR count). The zero-order valence-electron chi connectivity index (χ0n) is 15.7. The summed E-state index contributed by atoms with van der Waals surface area (Å²) in [6.45, 7) is 2.84. The van der Waals surface area contributed by atoms with Gasteiger partial charge in [-0.25, -0.2) is 4.98 Å². The molecule has 140 valence electrons. The zero-order valence-corrected chi connectivity index (χ0v) is 15.7. The normalized spacial score (nSPS) is 15.4. The number of primary amides is 1. The van der Waals surface area contributed by atoms with E-state index in [1.807, 2.05) is 24.3 Å². The third-order valence-corrected chi connectivity index (χ3v) is 5.59. The van der Waals surface area contributed by atoms with Crippen molar-refractivity contribution in [2.45, 2.75) is 26.3 Å². The fourth-order valence-corrected chi connectivity index (χ4v) is 4.34. The van der Waals surface area contributed by atoms with Crippen molar-refractivity contribution in [3.63, 3.8) is 0 Å². The third-order valence-electron chi connectivity index (χ3n) is 5.59. The highest BCUT2D eigenvalue weighted by molar-refractivity contribution is 5.96. The van der Waals surface area contributed by atoms with Gasteiger partial charge < -0.3 is 15.0 Å². The van der Waals surface area contributed by atoms with E-state index >= 15 is 0 Å². The highest BCUT2D eigenvalue weighted by Gasteiger charge is 2.27. The van der Waals surface area contributed by atoms with Crippen LogP contribution in [-0.2, 0) is 11.3 Å². The molecule has 28 heavy (non-hydrogen) atoms. The summed E-state index contributed by atoms with van der Waals surface area (Å²) in [5.74, 6) is 0.974. The molecule has 0 saturated heterocycles. The number of hydrogen-bond donors (Lipinski definition) is 1. The summed E-state index contributed by atoms with van der Waals surface area (Å²) in [6, 6.07) is 14.0. The molecule has 1 aromatic heterocycles. The maximum Gasteiger partial charge on any atom is 0.255 e. The Morgan fingerprint density at radius 1 is 1.14 bits per heavy atom. The smallest absolute Gasteiger partial charge is 0.255 e. The molecule has 2 aliphatic rings. The summed E-state index contributed by atoms with van der Waals surface area (Å²) >= 11 is 0. The van der Waals surface area contributed by atoms with Gasteiger partial charge in [-0.3, -0.25) is 4.79 Å². The largest absolute Gasteiger partial charge is 0.483 e. The highest BCUT2D eigenvalue weighted by atomic mass is 16.5. The summed E-state index contributed by atoms with van der Waals surface area (Å²) in [6.07, 6.45) is 4.49. The number of nitrogens with zero attached hydrogens (tertiary/aromatic N) is 2. The maximum atomic E-state index is 11.2. The first-order chi connectivity index (χ1) is 13.6. The van der Waals surface area contributed by atoms with E-state index in [1.54, 1.807) is 0 Å². The van der Waals surface area contributed by atoms with Gasteiger partial charge in [0.1, 0.15) is 11.6 Å². The number of carbonyl (C=O) groups excluding carboxylic acids is 1. The van der Waals surface area contributed by atoms with Crippen LogP contribution in [0.4, 0.5) is 0 Å². The van der Waals surface area contributed by atoms with Crippen molar-refractivity contribution in [1.29, 1.82) is 0 Å². The van der Waals surface area contributed by atoms with E-state index < -0.39 is 5.91 Å². The van der Waals surface area contributed by atoms with Crippen molar-refractivity contribution in [3.05, 3.63) is 65.3 Å². The van der Waals surface area contributed by atoms with Gasteiger partial charge in [-0.2, -0.15) is 0 Å². The summed E-state index contributed by atoms with van der Waals surface area (Å²) in [4.78, 5) is 16.1. The second-order valence-corrected chi connectivity index (χ2v) is 7.33. The van der Waals surface area contributed by atoms with Crippen molar-refractivity contribution in [3.8, 4) is 17.1 Å². The Morgan fingerprint density at radius 2 is 1.96 bits per heavy atom. The standard InChI is InChI=1S/C23H21N3O2/c1-14-6-4-8-15-16-9-5-10-19-22(16)26(12-18(14)15)23(25-19)17-7-2-3-11-20(17)28-13-21(24)27/h2-3,5-7,9-11H,4,8,12-13H2,1H3,(H2,24,27). The molecule has 0 saturated carbocycles. The lowest BCUT2D eigenvalue weighted by Gasteiger charge is -2.27. The quantitative estimate of drug-likeness (QED) is 0.751. The summed E-state index contributed by atoms with van der Waals surface area (Å²) in [7, 11) is 0. The van der Waals surface area contributed by atoms with Crippen LogP contribution >= 0.6 is 0 Å². The van der Waals surface area contributed by atoms with Gasteiger partial charge in [-0.15, -0.1) is 0 Å². The SMILES string of the molecule is CC1=CCCC2=C1Cn1c(-c3ccccc3OCC(N)=O)nc3cccc2c31. The van der Waals surface area contributed by atoms with E-state index in [9.17, 15) is 4.79 Å². The van der Waals surface area contributed by atoms with Crippen molar-refractivity contribution < 1.29 is 9.53 Å². The summed E-state index contributed by atoms with van der Waals surface area (Å²) < 4.78 is 7.95. The number of allylic oxidation sites excluding steroid dienone is 4. The number of benzene rings is 2. The van der Waals surface area contributed by atoms with E-state index in [0.717, 1.165) is 36.3 Å². The fourth-order valence-electron chi connectivity index (χ4n) is 4.34. The molecule has 0 spiro atoms. The molecule has 5 nitrogen and oxygen atoms in total. The highest BCUT2D eigenvalue weighted by Crippen LogP contribution is 2.43. The number of nitrogens with two attached hydrogens (primary N) is 1. The van der Waals surface area contributed by atoms with E-state index in [2.05, 4.69) is 35.8 Å². The van der Waals surface area contributed by atoms with Crippen molar-refractivity contribution in [2.24, 2.45) is 5.73 Å². The Bertz CT molecular complexity index is 1180. The predicted molar refractivity (Wildman–Crippen MR) is 110 cm³/mol. The van der Waals surface area contributed by atoms with Gasteiger partial charge >= 0.3 is 0 Å². The fraction of sp³-hybridized carbons (Fsp3) is 0.217. The average molecular weight is 371 g/mol. The molecule has 5 heteroatoms. The van der Waals surface area contributed by atoms with Crippen LogP contribution in [0.5, 0.6) is 5.75 Å². The monoisotopic (exact) mass is 371 g/mol. The minimum absolute atomic E-state index is 0.153. The number of amides is 1. The number of imidazole rings is 1. The average Bonchev–Trinajstić information content (AvgIpc) is 3.07. The lowest BCUT2D eigenvalue weighted by Crippen LogP contribution is -2.20. The van der Waals surface area contributed by atoms with E-state index in [4.69, 9.17) is 15.5 Å². The van der Waals surface area contributed by atoms with Crippen LogP contribution in [-0.4, -0.2) is 22.1 Å². The van der Waals surface area contributed by atoms with E-state index in [0.29, 0.717) is 5.75 Å². The van der Waals surface area contributed by atoms with Gasteiger partial charge in [0.2, 0.25) is 0 Å². The van der Waals surface area contributed by atoms with Gasteiger partial charge in [0.15, 0.2) is 6.61 Å². The topological polar surface area (TPSA) is 70.1 Å². The number of ether oxygens (including phenoxy) is 1. The molecule has 3 aromatic rings. The number of fused-ring (bicyclic) bond motifs is 1. The van der Waals surface area contributed by atoms with Gasteiger partial charge in [0.05, 0.1) is 23.1 Å². The number of rotatable bonds is 4. The maximum absolute atomic E-state index is 11.2. The summed E-state index contributed by atoms with van der Waals surface area (Å²) in [5, 5.41) is 0. The number of aromatic nitrogens is 2. The molecule has 2 N–H and O–H groups in total. The van der Waals surface area contributed by atoms with Crippen LogP contribution in [0.3, 0.4) is 0 Å². The molecule has 0 bridgehead atoms. The number of carbonyl (C=O) groups is 1. The number of para-hydroxylation sites is 2. The van der Waals surface area contributed by atoms with Crippen LogP contribution < -0.4 is 10.5 Å². The molecule has 1 aliphatic heterocycles. The van der Waals surface area contributed by atoms with Crippen molar-refractivity contribution in [2.75, 3.05) is 6.61 Å². The van der Waals surface area contributed by atoms with Crippen LogP contribution in [0, 0.1) is 0 Å². The second kappa shape index (κ2) is 6.37. The molecule has 0 fully saturated rings. The van der Waals surface area contributed by atoms with Gasteiger partial charge in [0, 0.05) is 5.56 Å². The Balaban J connectivity index is 1.71. The first-order valence-electron chi connectivity index (χ1n) is 9.53. The Labute approximate surface area is 163 Å². The zero-order chi connectivity index (χ0) is 19.3. The molecule has 0 atom stereocenters. The minimum atomic E-state index is -0.496. The molecular formula is C23H21N3O2. The van der Waals surface area contributed by atoms with Gasteiger partial charge in [0.25, 0.3) is 5.91 Å². The molecule has 1 amide bonds. The molecular weight excluding hydrogens is 350 g/mol. The van der Waals surface area contributed by atoms with Crippen LogP contribution in [0.25, 0.3) is 28.0 Å². The lowest BCUT2D eigenvalue weighted by atomic mass is 9.85. The minimum Gasteiger partial charge on any atom is -0.483 e. The Kier molecular flexibility index (Phi) is 3.83. The predicted octanol–water partition coefficient (Wildman–Crippen LogP) is 4.07. The Morgan fingerprint density at radius 3 is 2.82 bits per heavy atom. The van der Waals surface area contributed by atoms with Crippen LogP contribution in [0.2, 0.25) is 0 Å². The first-order valence-corrected chi connectivity index (χ1v) is 9.53. The van der Waals surface area contributed by atoms with E-state index in [1.165, 1.54) is 27.8 Å². The van der Waals surface area contributed by atoms with E-state index in [-0.39, 0.29) is 6.61 Å². The molecule has 0 unspecified atom stereocenters. The van der Waals surface area contributed by atoms with Crippen LogP contribution in [0.1, 0.15) is 25.3 Å². The van der Waals surface area contributed by atoms with Crippen molar-refractivity contribution in [1.82, 2.24) is 9.55 Å². The Hall–Kier alpha value is -3.34.